The van der Waals surface area contributed by atoms with Crippen LogP contribution in [0.2, 0.25) is 0 Å². The fraction of sp³-hybridized carbons (Fsp3) is 0.500. The maximum Gasteiger partial charge on any atom is 0.350 e. The van der Waals surface area contributed by atoms with Gasteiger partial charge >= 0.3 is 11.6 Å². The minimum Gasteiger partial charge on any atom is -0.475 e. The van der Waals surface area contributed by atoms with E-state index in [9.17, 15) is 14.9 Å². The number of amides is 1. The molecule has 2 aromatic rings. The number of aromatic nitrogens is 4. The van der Waals surface area contributed by atoms with E-state index in [1.807, 2.05) is 26.1 Å². The number of nitrogens with one attached hydrogen (secondary N) is 1. The standard InChI is InChI=1S/C14H20N6O4/c1-5-18-7-6-11(16-18)9(2)15-13(21)10(3)19-8-12(20(22)23)14(17-19)24-4/h6-10H,5H2,1-4H3,(H,15,21). The predicted octanol–water partition coefficient (Wildman–Crippen LogP) is 1.45. The molecule has 1 N–H and O–H groups in total. The Morgan fingerprint density at radius 2 is 2.17 bits per heavy atom. The first-order valence-corrected chi connectivity index (χ1v) is 7.48. The second-order valence-electron chi connectivity index (χ2n) is 5.26. The molecule has 0 radical (unpaired) electrons. The molecule has 2 heterocycles. The van der Waals surface area contributed by atoms with Gasteiger partial charge in [-0.25, -0.2) is 4.68 Å². The van der Waals surface area contributed by atoms with Gasteiger partial charge in [-0.15, -0.1) is 5.10 Å². The Kier molecular flexibility index (Phi) is 5.17. The van der Waals surface area contributed by atoms with Gasteiger partial charge in [-0.05, 0) is 26.8 Å². The lowest BCUT2D eigenvalue weighted by Crippen LogP contribution is -2.33. The SMILES string of the molecule is CCn1ccc(C(C)NC(=O)C(C)n2cc([N+](=O)[O-])c(OC)n2)n1. The molecule has 0 aliphatic carbocycles. The summed E-state index contributed by atoms with van der Waals surface area (Å²) >= 11 is 0. The molecule has 0 saturated carbocycles. The van der Waals surface area contributed by atoms with Crippen molar-refractivity contribution in [3.8, 4) is 5.88 Å². The number of aryl methyl sites for hydroxylation is 1. The van der Waals surface area contributed by atoms with Crippen LogP contribution in [0.5, 0.6) is 5.88 Å². The summed E-state index contributed by atoms with van der Waals surface area (Å²) in [6.07, 6.45) is 3.02. The van der Waals surface area contributed by atoms with Crippen LogP contribution in [-0.2, 0) is 11.3 Å². The molecule has 2 rings (SSSR count). The van der Waals surface area contributed by atoms with Crippen LogP contribution in [-0.4, -0.2) is 37.5 Å². The molecule has 2 atom stereocenters. The van der Waals surface area contributed by atoms with Gasteiger partial charge in [0.25, 0.3) is 0 Å². The first-order valence-electron chi connectivity index (χ1n) is 7.48. The summed E-state index contributed by atoms with van der Waals surface area (Å²) in [6.45, 7) is 6.13. The Labute approximate surface area is 138 Å². The van der Waals surface area contributed by atoms with Crippen LogP contribution in [0.15, 0.2) is 18.5 Å². The van der Waals surface area contributed by atoms with E-state index in [1.165, 1.54) is 18.0 Å². The highest BCUT2D eigenvalue weighted by atomic mass is 16.6. The van der Waals surface area contributed by atoms with Crippen molar-refractivity contribution in [1.82, 2.24) is 24.9 Å². The lowest BCUT2D eigenvalue weighted by Gasteiger charge is -2.16. The summed E-state index contributed by atoms with van der Waals surface area (Å²) in [5, 5.41) is 22.0. The molecule has 0 aliphatic rings. The Hall–Kier alpha value is -2.91. The zero-order chi connectivity index (χ0) is 17.9. The van der Waals surface area contributed by atoms with Crippen LogP contribution < -0.4 is 10.1 Å². The maximum atomic E-state index is 12.4. The molecule has 130 valence electrons. The average Bonchev–Trinajstić information content (AvgIpc) is 3.20. The van der Waals surface area contributed by atoms with Crippen molar-refractivity contribution in [2.24, 2.45) is 0 Å². The second kappa shape index (κ2) is 7.11. The van der Waals surface area contributed by atoms with Crippen molar-refractivity contribution >= 4 is 11.6 Å². The van der Waals surface area contributed by atoms with Crippen LogP contribution in [0.1, 0.15) is 38.5 Å². The van der Waals surface area contributed by atoms with Gasteiger partial charge in [0.05, 0.1) is 23.8 Å². The van der Waals surface area contributed by atoms with Crippen molar-refractivity contribution in [3.05, 3.63) is 34.3 Å². The molecule has 0 aromatic carbocycles. The summed E-state index contributed by atoms with van der Waals surface area (Å²) < 4.78 is 7.84. The minimum atomic E-state index is -0.733. The van der Waals surface area contributed by atoms with Gasteiger partial charge in [-0.3, -0.25) is 19.6 Å². The molecular formula is C14H20N6O4. The summed E-state index contributed by atoms with van der Waals surface area (Å²) in [5.74, 6) is -0.456. The first-order chi connectivity index (χ1) is 11.4. The quantitative estimate of drug-likeness (QED) is 0.604. The van der Waals surface area contributed by atoms with Gasteiger partial charge in [0.1, 0.15) is 12.2 Å². The number of rotatable bonds is 7. The van der Waals surface area contributed by atoms with E-state index >= 15 is 0 Å². The van der Waals surface area contributed by atoms with Crippen LogP contribution in [0.4, 0.5) is 5.69 Å². The molecule has 2 aromatic heterocycles. The molecule has 0 spiro atoms. The summed E-state index contributed by atoms with van der Waals surface area (Å²) in [5.41, 5.74) is 0.452. The number of ether oxygens (including phenoxy) is 1. The second-order valence-corrected chi connectivity index (χ2v) is 5.26. The number of methoxy groups -OCH3 is 1. The third-order valence-electron chi connectivity index (χ3n) is 3.63. The average molecular weight is 336 g/mol. The number of carbonyl (C=O) groups excluding carboxylic acids is 1. The Balaban J connectivity index is 2.10. The number of hydrogen-bond acceptors (Lipinski definition) is 6. The lowest BCUT2D eigenvalue weighted by molar-refractivity contribution is -0.385. The number of nitrogens with zero attached hydrogens (tertiary/aromatic N) is 5. The van der Waals surface area contributed by atoms with Gasteiger partial charge in [0.15, 0.2) is 0 Å². The number of nitro groups is 1. The summed E-state index contributed by atoms with van der Waals surface area (Å²) in [4.78, 5) is 22.7. The van der Waals surface area contributed by atoms with Gasteiger partial charge in [0, 0.05) is 12.7 Å². The zero-order valence-electron chi connectivity index (χ0n) is 14.0. The largest absolute Gasteiger partial charge is 0.475 e. The van der Waals surface area contributed by atoms with Gasteiger partial charge in [0.2, 0.25) is 5.91 Å². The Morgan fingerprint density at radius 1 is 1.46 bits per heavy atom. The molecule has 24 heavy (non-hydrogen) atoms. The summed E-state index contributed by atoms with van der Waals surface area (Å²) in [6, 6.07) is 0.810. The maximum absolute atomic E-state index is 12.4. The first kappa shape index (κ1) is 17.4. The van der Waals surface area contributed by atoms with E-state index in [0.29, 0.717) is 0 Å². The number of carbonyl (C=O) groups is 1. The molecule has 0 fully saturated rings. The molecule has 1 amide bonds. The lowest BCUT2D eigenvalue weighted by atomic mass is 10.2. The van der Waals surface area contributed by atoms with Crippen LogP contribution in [0.25, 0.3) is 0 Å². The summed E-state index contributed by atoms with van der Waals surface area (Å²) in [7, 11) is 1.29. The molecular weight excluding hydrogens is 316 g/mol. The minimum absolute atomic E-state index is 0.130. The van der Waals surface area contributed by atoms with Crippen molar-refractivity contribution in [3.63, 3.8) is 0 Å². The van der Waals surface area contributed by atoms with E-state index in [4.69, 9.17) is 4.74 Å². The third-order valence-corrected chi connectivity index (χ3v) is 3.63. The van der Waals surface area contributed by atoms with Crippen molar-refractivity contribution in [1.29, 1.82) is 0 Å². The highest BCUT2D eigenvalue weighted by molar-refractivity contribution is 5.80. The fourth-order valence-corrected chi connectivity index (χ4v) is 2.15. The third kappa shape index (κ3) is 3.53. The fourth-order valence-electron chi connectivity index (χ4n) is 2.15. The van der Waals surface area contributed by atoms with Crippen LogP contribution >= 0.6 is 0 Å². The molecule has 0 saturated heterocycles. The highest BCUT2D eigenvalue weighted by Crippen LogP contribution is 2.26. The smallest absolute Gasteiger partial charge is 0.350 e. The Morgan fingerprint density at radius 3 is 2.67 bits per heavy atom. The normalized spacial score (nSPS) is 13.3. The zero-order valence-corrected chi connectivity index (χ0v) is 14.0. The molecule has 10 nitrogen and oxygen atoms in total. The van der Waals surface area contributed by atoms with E-state index in [2.05, 4.69) is 15.5 Å². The van der Waals surface area contributed by atoms with Crippen LogP contribution in [0, 0.1) is 10.1 Å². The van der Waals surface area contributed by atoms with Gasteiger partial charge < -0.3 is 10.1 Å². The van der Waals surface area contributed by atoms with E-state index in [1.54, 1.807) is 11.6 Å². The van der Waals surface area contributed by atoms with E-state index in [0.717, 1.165) is 12.2 Å². The van der Waals surface area contributed by atoms with Gasteiger partial charge in [-0.1, -0.05) is 0 Å². The van der Waals surface area contributed by atoms with E-state index < -0.39 is 11.0 Å². The molecule has 2 unspecified atom stereocenters. The topological polar surface area (TPSA) is 117 Å². The number of hydrogen-bond donors (Lipinski definition) is 1. The van der Waals surface area contributed by atoms with Crippen LogP contribution in [0.3, 0.4) is 0 Å². The van der Waals surface area contributed by atoms with Crippen molar-refractivity contribution < 1.29 is 14.5 Å². The highest BCUT2D eigenvalue weighted by Gasteiger charge is 2.26. The predicted molar refractivity (Wildman–Crippen MR) is 84.6 cm³/mol. The van der Waals surface area contributed by atoms with Gasteiger partial charge in [-0.2, -0.15) is 5.10 Å². The molecule has 10 heteroatoms. The van der Waals surface area contributed by atoms with Crippen molar-refractivity contribution in [2.75, 3.05) is 7.11 Å². The molecule has 0 bridgehead atoms. The molecule has 0 aliphatic heterocycles. The van der Waals surface area contributed by atoms with Crippen molar-refractivity contribution in [2.45, 2.75) is 39.4 Å². The van der Waals surface area contributed by atoms with E-state index in [-0.39, 0.29) is 23.5 Å². The monoisotopic (exact) mass is 336 g/mol. The Bertz CT molecular complexity index is 737.